The Balaban J connectivity index is 1.73. The Labute approximate surface area is 124 Å². The number of amides is 1. The van der Waals surface area contributed by atoms with E-state index in [-0.39, 0.29) is 12.3 Å². The van der Waals surface area contributed by atoms with Crippen molar-refractivity contribution in [3.63, 3.8) is 0 Å². The van der Waals surface area contributed by atoms with Crippen molar-refractivity contribution in [1.82, 2.24) is 5.43 Å². The molecule has 2 rings (SSSR count). The highest BCUT2D eigenvalue weighted by molar-refractivity contribution is 5.81. The van der Waals surface area contributed by atoms with Crippen LogP contribution in [0.15, 0.2) is 41.5 Å². The average molecular weight is 288 g/mol. The first kappa shape index (κ1) is 15.4. The van der Waals surface area contributed by atoms with Crippen molar-refractivity contribution >= 4 is 18.2 Å². The van der Waals surface area contributed by atoms with Crippen molar-refractivity contribution in [3.8, 4) is 0 Å². The van der Waals surface area contributed by atoms with E-state index in [1.54, 1.807) is 13.0 Å². The molecule has 1 aromatic carbocycles. The van der Waals surface area contributed by atoms with E-state index in [0.29, 0.717) is 13.2 Å². The Bertz CT molecular complexity index is 506. The predicted molar refractivity (Wildman–Crippen MR) is 81.7 cm³/mol. The zero-order chi connectivity index (χ0) is 15.0. The maximum Gasteiger partial charge on any atom is 0.245 e. The number of hydrazone groups is 1. The first-order valence-corrected chi connectivity index (χ1v) is 6.99. The fourth-order valence-corrected chi connectivity index (χ4v) is 1.98. The first-order valence-electron chi connectivity index (χ1n) is 6.99. The molecule has 0 saturated carbocycles. The first-order chi connectivity index (χ1) is 10.2. The summed E-state index contributed by atoms with van der Waals surface area (Å²) in [6.45, 7) is 3.00. The van der Waals surface area contributed by atoms with E-state index in [2.05, 4.69) is 10.5 Å². The molecule has 0 aliphatic carbocycles. The van der Waals surface area contributed by atoms with Crippen LogP contribution in [-0.4, -0.2) is 31.1 Å². The van der Waals surface area contributed by atoms with Gasteiger partial charge in [-0.25, -0.2) is 5.43 Å². The van der Waals surface area contributed by atoms with Crippen LogP contribution in [0.3, 0.4) is 0 Å². The lowest BCUT2D eigenvalue weighted by atomic mass is 10.2. The highest BCUT2D eigenvalue weighted by Crippen LogP contribution is 2.21. The lowest BCUT2D eigenvalue weighted by Gasteiger charge is -2.33. The summed E-state index contributed by atoms with van der Waals surface area (Å²) in [6.07, 6.45) is 6.21. The van der Waals surface area contributed by atoms with Crippen LogP contribution >= 0.6 is 0 Å². The summed E-state index contributed by atoms with van der Waals surface area (Å²) in [5, 5.41) is 3.86. The summed E-state index contributed by atoms with van der Waals surface area (Å²) < 4.78 is 10.9. The molecule has 0 spiro atoms. The van der Waals surface area contributed by atoms with Crippen LogP contribution in [0.25, 0.3) is 6.08 Å². The highest BCUT2D eigenvalue weighted by atomic mass is 16.7. The fourth-order valence-electron chi connectivity index (χ4n) is 1.98. The molecule has 1 heterocycles. The van der Waals surface area contributed by atoms with Crippen molar-refractivity contribution in [2.75, 3.05) is 13.2 Å². The minimum absolute atomic E-state index is 0.132. The number of nitrogens with one attached hydrogen (secondary N) is 1. The van der Waals surface area contributed by atoms with E-state index >= 15 is 0 Å². The van der Waals surface area contributed by atoms with Crippen LogP contribution < -0.4 is 5.43 Å². The average Bonchev–Trinajstić information content (AvgIpc) is 2.48. The highest BCUT2D eigenvalue weighted by Gasteiger charge is 2.31. The Kier molecular flexibility index (Phi) is 5.66. The van der Waals surface area contributed by atoms with E-state index in [9.17, 15) is 4.79 Å². The molecule has 1 saturated heterocycles. The summed E-state index contributed by atoms with van der Waals surface area (Å²) in [5.74, 6) is -1.07. The minimum Gasteiger partial charge on any atom is -0.350 e. The van der Waals surface area contributed by atoms with Gasteiger partial charge in [-0.2, -0.15) is 5.10 Å². The summed E-state index contributed by atoms with van der Waals surface area (Å²) in [6, 6.07) is 9.86. The molecule has 1 aliphatic rings. The van der Waals surface area contributed by atoms with Crippen molar-refractivity contribution in [2.24, 2.45) is 5.10 Å². The van der Waals surface area contributed by atoms with Crippen molar-refractivity contribution in [2.45, 2.75) is 25.6 Å². The van der Waals surface area contributed by atoms with Crippen LogP contribution in [-0.2, 0) is 14.3 Å². The normalized spacial score (nSPS) is 18.1. The Morgan fingerprint density at radius 1 is 1.33 bits per heavy atom. The van der Waals surface area contributed by atoms with E-state index in [1.165, 1.54) is 6.21 Å². The topological polar surface area (TPSA) is 59.9 Å². The molecule has 0 radical (unpaired) electrons. The molecule has 1 aromatic rings. The molecule has 1 aliphatic heterocycles. The molecular formula is C16H20N2O3. The second-order valence-electron chi connectivity index (χ2n) is 4.94. The zero-order valence-corrected chi connectivity index (χ0v) is 12.1. The van der Waals surface area contributed by atoms with Crippen LogP contribution in [0, 0.1) is 0 Å². The summed E-state index contributed by atoms with van der Waals surface area (Å²) in [7, 11) is 0. The second-order valence-corrected chi connectivity index (χ2v) is 4.94. The zero-order valence-electron chi connectivity index (χ0n) is 12.1. The van der Waals surface area contributed by atoms with Crippen molar-refractivity contribution in [3.05, 3.63) is 42.0 Å². The quantitative estimate of drug-likeness (QED) is 0.668. The fraction of sp³-hybridized carbons (Fsp3) is 0.375. The van der Waals surface area contributed by atoms with Gasteiger partial charge in [-0.15, -0.1) is 0 Å². The Morgan fingerprint density at radius 3 is 2.76 bits per heavy atom. The molecule has 5 nitrogen and oxygen atoms in total. The molecular weight excluding hydrogens is 268 g/mol. The minimum atomic E-state index is -0.836. The Morgan fingerprint density at radius 2 is 2.05 bits per heavy atom. The molecule has 21 heavy (non-hydrogen) atoms. The van der Waals surface area contributed by atoms with Gasteiger partial charge in [0.05, 0.1) is 19.6 Å². The number of benzene rings is 1. The summed E-state index contributed by atoms with van der Waals surface area (Å²) >= 11 is 0. The molecule has 0 aromatic heterocycles. The summed E-state index contributed by atoms with van der Waals surface area (Å²) in [5.41, 5.74) is 3.54. The summed E-state index contributed by atoms with van der Waals surface area (Å²) in [4.78, 5) is 11.7. The van der Waals surface area contributed by atoms with Gasteiger partial charge >= 0.3 is 0 Å². The SMILES string of the molecule is CC1(CC(=O)N/N=C\C=C\c2ccccc2)OCCCO1. The van der Waals surface area contributed by atoms with Gasteiger partial charge < -0.3 is 9.47 Å². The van der Waals surface area contributed by atoms with Crippen LogP contribution in [0.1, 0.15) is 25.3 Å². The smallest absolute Gasteiger partial charge is 0.245 e. The van der Waals surface area contributed by atoms with Crippen molar-refractivity contribution in [1.29, 1.82) is 0 Å². The Hall–Kier alpha value is -1.98. The van der Waals surface area contributed by atoms with E-state index in [1.807, 2.05) is 36.4 Å². The van der Waals surface area contributed by atoms with Crippen LogP contribution in [0.5, 0.6) is 0 Å². The molecule has 0 unspecified atom stereocenters. The predicted octanol–water partition coefficient (Wildman–Crippen LogP) is 2.35. The van der Waals surface area contributed by atoms with Gasteiger partial charge in [0.2, 0.25) is 5.91 Å². The largest absolute Gasteiger partial charge is 0.350 e. The number of ether oxygens (including phenoxy) is 2. The van der Waals surface area contributed by atoms with Crippen LogP contribution in [0.2, 0.25) is 0 Å². The number of carbonyl (C=O) groups is 1. The van der Waals surface area contributed by atoms with Gasteiger partial charge in [0.15, 0.2) is 5.79 Å². The molecule has 0 bridgehead atoms. The van der Waals surface area contributed by atoms with Gasteiger partial charge in [-0.3, -0.25) is 4.79 Å². The number of hydrogen-bond donors (Lipinski definition) is 1. The lowest BCUT2D eigenvalue weighted by Crippen LogP contribution is -2.41. The monoisotopic (exact) mass is 288 g/mol. The standard InChI is InChI=1S/C16H20N2O3/c1-16(20-11-6-12-21-16)13-15(19)18-17-10-5-9-14-7-3-2-4-8-14/h2-5,7-10H,6,11-13H2,1H3,(H,18,19)/b9-5+,17-10-. The van der Waals surface area contributed by atoms with Gasteiger partial charge in [0, 0.05) is 6.21 Å². The number of hydrogen-bond acceptors (Lipinski definition) is 4. The molecule has 5 heteroatoms. The molecule has 1 fully saturated rings. The number of rotatable bonds is 5. The van der Waals surface area contributed by atoms with Gasteiger partial charge in [0.25, 0.3) is 0 Å². The molecule has 1 N–H and O–H groups in total. The lowest BCUT2D eigenvalue weighted by molar-refractivity contribution is -0.256. The maximum absolute atomic E-state index is 11.7. The molecule has 112 valence electrons. The van der Waals surface area contributed by atoms with Gasteiger partial charge in [-0.1, -0.05) is 36.4 Å². The van der Waals surface area contributed by atoms with E-state index < -0.39 is 5.79 Å². The number of allylic oxidation sites excluding steroid dienone is 1. The van der Waals surface area contributed by atoms with E-state index in [4.69, 9.17) is 9.47 Å². The number of carbonyl (C=O) groups excluding carboxylic acids is 1. The molecule has 0 atom stereocenters. The van der Waals surface area contributed by atoms with Gasteiger partial charge in [-0.05, 0) is 25.0 Å². The van der Waals surface area contributed by atoms with Gasteiger partial charge in [0.1, 0.15) is 0 Å². The number of nitrogens with zero attached hydrogens (tertiary/aromatic N) is 1. The second kappa shape index (κ2) is 7.71. The third-order valence-corrected chi connectivity index (χ3v) is 3.02. The van der Waals surface area contributed by atoms with E-state index in [0.717, 1.165) is 12.0 Å². The molecule has 1 amide bonds. The van der Waals surface area contributed by atoms with Crippen molar-refractivity contribution < 1.29 is 14.3 Å². The maximum atomic E-state index is 11.7. The third-order valence-electron chi connectivity index (χ3n) is 3.02. The third kappa shape index (κ3) is 5.49. The van der Waals surface area contributed by atoms with Crippen LogP contribution in [0.4, 0.5) is 0 Å².